The van der Waals surface area contributed by atoms with Crippen LogP contribution in [0.5, 0.6) is 0 Å². The molecule has 0 saturated heterocycles. The van der Waals surface area contributed by atoms with Crippen LogP contribution in [-0.4, -0.2) is 38.0 Å². The Morgan fingerprint density at radius 1 is 1.07 bits per heavy atom. The van der Waals surface area contributed by atoms with E-state index in [1.54, 1.807) is 12.1 Å². The molecule has 5 nitrogen and oxygen atoms in total. The molecule has 1 amide bonds. The van der Waals surface area contributed by atoms with Gasteiger partial charge < -0.3 is 16.0 Å². The van der Waals surface area contributed by atoms with Crippen molar-refractivity contribution >= 4 is 11.9 Å². The molecule has 0 atom stereocenters. The van der Waals surface area contributed by atoms with Crippen molar-refractivity contribution in [1.82, 2.24) is 16.0 Å². The van der Waals surface area contributed by atoms with E-state index in [2.05, 4.69) is 20.9 Å². The summed E-state index contributed by atoms with van der Waals surface area (Å²) in [6.07, 6.45) is 2.83. The zero-order valence-corrected chi connectivity index (χ0v) is 16.9. The molecular weight excluding hydrogens is 367 g/mol. The lowest BCUT2D eigenvalue weighted by Gasteiger charge is -2.19. The van der Waals surface area contributed by atoms with E-state index in [-0.39, 0.29) is 23.7 Å². The van der Waals surface area contributed by atoms with Crippen LogP contribution < -0.4 is 16.0 Å². The lowest BCUT2D eigenvalue weighted by atomic mass is 9.96. The van der Waals surface area contributed by atoms with E-state index in [1.807, 2.05) is 43.3 Å². The Labute approximate surface area is 171 Å². The van der Waals surface area contributed by atoms with Crippen molar-refractivity contribution in [2.75, 3.05) is 26.2 Å². The second-order valence-electron chi connectivity index (χ2n) is 7.42. The number of amides is 1. The molecule has 3 rings (SSSR count). The molecule has 2 aromatic rings. The smallest absolute Gasteiger partial charge is 0.241 e. The Bertz CT molecular complexity index is 834. The first-order valence-corrected chi connectivity index (χ1v) is 10.2. The van der Waals surface area contributed by atoms with Crippen molar-refractivity contribution < 1.29 is 9.18 Å². The fourth-order valence-corrected chi connectivity index (χ4v) is 3.33. The van der Waals surface area contributed by atoms with Crippen LogP contribution in [0.4, 0.5) is 4.39 Å². The SMILES string of the molecule is CCNC(=NCC(=O)NCCc1ccccc1)NCC1(c2cccc(F)c2)CC1. The molecule has 1 aliphatic rings. The molecule has 3 N–H and O–H groups in total. The molecule has 0 heterocycles. The van der Waals surface area contributed by atoms with Crippen LogP contribution in [0, 0.1) is 5.82 Å². The first-order valence-electron chi connectivity index (χ1n) is 10.2. The van der Waals surface area contributed by atoms with Crippen LogP contribution in [0.2, 0.25) is 0 Å². The zero-order valence-electron chi connectivity index (χ0n) is 16.9. The molecule has 0 bridgehead atoms. The van der Waals surface area contributed by atoms with Crippen molar-refractivity contribution in [2.24, 2.45) is 4.99 Å². The van der Waals surface area contributed by atoms with Crippen molar-refractivity contribution in [3.8, 4) is 0 Å². The van der Waals surface area contributed by atoms with Gasteiger partial charge in [0.2, 0.25) is 5.91 Å². The molecule has 1 aliphatic carbocycles. The highest BCUT2D eigenvalue weighted by Crippen LogP contribution is 2.47. The molecule has 0 spiro atoms. The molecule has 6 heteroatoms. The lowest BCUT2D eigenvalue weighted by molar-refractivity contribution is -0.119. The predicted molar refractivity (Wildman–Crippen MR) is 114 cm³/mol. The molecule has 0 radical (unpaired) electrons. The molecule has 1 saturated carbocycles. The Morgan fingerprint density at radius 3 is 2.55 bits per heavy atom. The van der Waals surface area contributed by atoms with Crippen molar-refractivity contribution in [2.45, 2.75) is 31.6 Å². The molecule has 0 aromatic heterocycles. The Hall–Kier alpha value is -2.89. The number of halogens is 1. The van der Waals surface area contributed by atoms with E-state index < -0.39 is 0 Å². The van der Waals surface area contributed by atoms with E-state index >= 15 is 0 Å². The van der Waals surface area contributed by atoms with Gasteiger partial charge in [0.05, 0.1) is 0 Å². The number of guanidine groups is 1. The van der Waals surface area contributed by atoms with Crippen molar-refractivity contribution in [3.05, 3.63) is 71.5 Å². The number of benzene rings is 2. The number of hydrogen-bond donors (Lipinski definition) is 3. The normalized spacial score (nSPS) is 14.9. The van der Waals surface area contributed by atoms with Crippen LogP contribution in [0.25, 0.3) is 0 Å². The number of aliphatic imine (C=N–C) groups is 1. The molecule has 1 fully saturated rings. The maximum atomic E-state index is 13.6. The average molecular weight is 397 g/mol. The quantitative estimate of drug-likeness (QED) is 0.451. The van der Waals surface area contributed by atoms with Gasteiger partial charge >= 0.3 is 0 Å². The van der Waals surface area contributed by atoms with E-state index in [9.17, 15) is 9.18 Å². The summed E-state index contributed by atoms with van der Waals surface area (Å²) < 4.78 is 13.6. The minimum absolute atomic E-state index is 0.0454. The van der Waals surface area contributed by atoms with Gasteiger partial charge in [-0.2, -0.15) is 0 Å². The van der Waals surface area contributed by atoms with Gasteiger partial charge in [-0.05, 0) is 49.4 Å². The second-order valence-corrected chi connectivity index (χ2v) is 7.42. The topological polar surface area (TPSA) is 65.5 Å². The van der Waals surface area contributed by atoms with Crippen LogP contribution in [-0.2, 0) is 16.6 Å². The summed E-state index contributed by atoms with van der Waals surface area (Å²) in [7, 11) is 0. The Balaban J connectivity index is 1.47. The van der Waals surface area contributed by atoms with Crippen LogP contribution >= 0.6 is 0 Å². The summed E-state index contributed by atoms with van der Waals surface area (Å²) in [6.45, 7) is 4.00. The minimum Gasteiger partial charge on any atom is -0.357 e. The summed E-state index contributed by atoms with van der Waals surface area (Å²) in [5, 5.41) is 9.39. The number of carbonyl (C=O) groups excluding carboxylic acids is 1. The van der Waals surface area contributed by atoms with E-state index in [1.165, 1.54) is 11.6 Å². The molecule has 0 unspecified atom stereocenters. The first kappa shape index (κ1) is 20.8. The molecule has 2 aromatic carbocycles. The third-order valence-electron chi connectivity index (χ3n) is 5.19. The zero-order chi connectivity index (χ0) is 20.5. The lowest BCUT2D eigenvalue weighted by Crippen LogP contribution is -2.42. The third-order valence-corrected chi connectivity index (χ3v) is 5.19. The molecule has 154 valence electrons. The van der Waals surface area contributed by atoms with Gasteiger partial charge in [0.15, 0.2) is 5.96 Å². The van der Waals surface area contributed by atoms with E-state index in [0.717, 1.165) is 24.8 Å². The molecule has 29 heavy (non-hydrogen) atoms. The van der Waals surface area contributed by atoms with Gasteiger partial charge in [0, 0.05) is 25.0 Å². The fraction of sp³-hybridized carbons (Fsp3) is 0.391. The van der Waals surface area contributed by atoms with Gasteiger partial charge in [-0.3, -0.25) is 4.79 Å². The molecule has 0 aliphatic heterocycles. The van der Waals surface area contributed by atoms with E-state index in [4.69, 9.17) is 0 Å². The number of carbonyl (C=O) groups is 1. The highest BCUT2D eigenvalue weighted by atomic mass is 19.1. The average Bonchev–Trinajstić information content (AvgIpc) is 3.52. The van der Waals surface area contributed by atoms with Crippen LogP contribution in [0.1, 0.15) is 30.9 Å². The van der Waals surface area contributed by atoms with E-state index in [0.29, 0.717) is 25.6 Å². The number of nitrogens with one attached hydrogen (secondary N) is 3. The summed E-state index contributed by atoms with van der Waals surface area (Å²) in [4.78, 5) is 16.5. The number of rotatable bonds is 9. The number of nitrogens with zero attached hydrogens (tertiary/aromatic N) is 1. The number of hydrogen-bond acceptors (Lipinski definition) is 2. The summed E-state index contributed by atoms with van der Waals surface area (Å²) in [5.74, 6) is 0.291. The van der Waals surface area contributed by atoms with Gasteiger partial charge in [0.25, 0.3) is 0 Å². The van der Waals surface area contributed by atoms with Gasteiger partial charge in [0.1, 0.15) is 12.4 Å². The Kier molecular flexibility index (Phi) is 7.22. The Morgan fingerprint density at radius 2 is 1.86 bits per heavy atom. The van der Waals surface area contributed by atoms with Crippen LogP contribution in [0.3, 0.4) is 0 Å². The standard InChI is InChI=1S/C23H29FN4O/c1-2-25-22(27-16-21(29)26-14-11-18-7-4-3-5-8-18)28-17-23(12-13-23)19-9-6-10-20(24)15-19/h3-10,15H,2,11-14,16-17H2,1H3,(H,26,29)(H2,25,27,28). The van der Waals surface area contributed by atoms with Crippen molar-refractivity contribution in [1.29, 1.82) is 0 Å². The maximum Gasteiger partial charge on any atom is 0.241 e. The fourth-order valence-electron chi connectivity index (χ4n) is 3.33. The largest absolute Gasteiger partial charge is 0.357 e. The highest BCUT2D eigenvalue weighted by molar-refractivity contribution is 5.85. The summed E-state index contributed by atoms with van der Waals surface area (Å²) >= 11 is 0. The first-order chi connectivity index (χ1) is 14.1. The maximum absolute atomic E-state index is 13.6. The minimum atomic E-state index is -0.207. The summed E-state index contributed by atoms with van der Waals surface area (Å²) in [6, 6.07) is 16.9. The monoisotopic (exact) mass is 396 g/mol. The summed E-state index contributed by atoms with van der Waals surface area (Å²) in [5.41, 5.74) is 2.16. The van der Waals surface area contributed by atoms with Crippen molar-refractivity contribution in [3.63, 3.8) is 0 Å². The predicted octanol–water partition coefficient (Wildman–Crippen LogP) is 2.77. The van der Waals surface area contributed by atoms with Crippen LogP contribution in [0.15, 0.2) is 59.6 Å². The molecular formula is C23H29FN4O. The van der Waals surface area contributed by atoms with Gasteiger partial charge in [-0.15, -0.1) is 0 Å². The third kappa shape index (κ3) is 6.31. The second kappa shape index (κ2) is 10.0. The highest BCUT2D eigenvalue weighted by Gasteiger charge is 2.44. The van der Waals surface area contributed by atoms with Gasteiger partial charge in [-0.1, -0.05) is 42.5 Å². The van der Waals surface area contributed by atoms with Gasteiger partial charge in [-0.25, -0.2) is 9.38 Å².